The zero-order chi connectivity index (χ0) is 22.7. The molecule has 31 heavy (non-hydrogen) atoms. The monoisotopic (exact) mass is 430 g/mol. The molecule has 0 saturated heterocycles. The number of fused-ring (bicyclic) bond motifs is 1. The van der Waals surface area contributed by atoms with Crippen molar-refractivity contribution in [2.45, 2.75) is 39.5 Å². The summed E-state index contributed by atoms with van der Waals surface area (Å²) in [5.41, 5.74) is 1.29. The van der Waals surface area contributed by atoms with E-state index in [2.05, 4.69) is 4.74 Å². The van der Waals surface area contributed by atoms with Gasteiger partial charge in [0.15, 0.2) is 0 Å². The molecule has 0 aliphatic carbocycles. The average molecular weight is 430 g/mol. The van der Waals surface area contributed by atoms with E-state index < -0.39 is 24.5 Å². The summed E-state index contributed by atoms with van der Waals surface area (Å²) in [5.74, 6) is -1.21. The molecular formula is C23H24F2N2O4. The maximum atomic E-state index is 13.3. The predicted molar refractivity (Wildman–Crippen MR) is 110 cm³/mol. The summed E-state index contributed by atoms with van der Waals surface area (Å²) in [5, 5.41) is 0. The standard InChI is InChI=1S/C23H24F2N2O4/c1-14(2)12-19(27-20(28)17-6-4-5-7-18(17)21(27)29)22(30)26(3)13-15-8-10-16(11-9-15)31-23(24)25/h4-11,14,19,23H,12-13H2,1-3H3. The number of alkyl halides is 2. The van der Waals surface area contributed by atoms with Crippen LogP contribution >= 0.6 is 0 Å². The number of carbonyl (C=O) groups excluding carboxylic acids is 3. The van der Waals surface area contributed by atoms with E-state index in [1.807, 2.05) is 13.8 Å². The van der Waals surface area contributed by atoms with Crippen molar-refractivity contribution in [2.24, 2.45) is 5.92 Å². The highest BCUT2D eigenvalue weighted by atomic mass is 19.3. The number of benzene rings is 2. The van der Waals surface area contributed by atoms with Crippen LogP contribution in [0, 0.1) is 5.92 Å². The number of ether oxygens (including phenoxy) is 1. The van der Waals surface area contributed by atoms with Gasteiger partial charge in [0.05, 0.1) is 11.1 Å². The van der Waals surface area contributed by atoms with Gasteiger partial charge in [0.1, 0.15) is 11.8 Å². The highest BCUT2D eigenvalue weighted by molar-refractivity contribution is 6.22. The van der Waals surface area contributed by atoms with E-state index in [1.54, 1.807) is 43.4 Å². The Morgan fingerprint density at radius 3 is 2.03 bits per heavy atom. The van der Waals surface area contributed by atoms with Crippen LogP contribution in [-0.2, 0) is 11.3 Å². The van der Waals surface area contributed by atoms with Gasteiger partial charge in [-0.05, 0) is 42.2 Å². The summed E-state index contributed by atoms with van der Waals surface area (Å²) in [6.45, 7) is 1.11. The van der Waals surface area contributed by atoms with Crippen LogP contribution in [0.3, 0.4) is 0 Å². The molecule has 8 heteroatoms. The van der Waals surface area contributed by atoms with Crippen molar-refractivity contribution >= 4 is 17.7 Å². The first-order chi connectivity index (χ1) is 14.7. The van der Waals surface area contributed by atoms with Crippen LogP contribution in [0.1, 0.15) is 46.5 Å². The zero-order valence-corrected chi connectivity index (χ0v) is 17.5. The van der Waals surface area contributed by atoms with Crippen LogP contribution in [0.2, 0.25) is 0 Å². The fraction of sp³-hybridized carbons (Fsp3) is 0.348. The number of likely N-dealkylation sites (N-methyl/N-ethyl adjacent to an activating group) is 1. The largest absolute Gasteiger partial charge is 0.435 e. The molecule has 0 bridgehead atoms. The first-order valence-electron chi connectivity index (χ1n) is 9.94. The van der Waals surface area contributed by atoms with Gasteiger partial charge in [0.2, 0.25) is 5.91 Å². The van der Waals surface area contributed by atoms with Crippen molar-refractivity contribution in [1.82, 2.24) is 9.80 Å². The number of halogens is 2. The Hall–Kier alpha value is -3.29. The van der Waals surface area contributed by atoms with E-state index >= 15 is 0 Å². The van der Waals surface area contributed by atoms with Gasteiger partial charge in [-0.25, -0.2) is 0 Å². The van der Waals surface area contributed by atoms with Gasteiger partial charge < -0.3 is 9.64 Å². The molecule has 1 aliphatic rings. The number of amides is 3. The Labute approximate surface area is 179 Å². The van der Waals surface area contributed by atoms with Gasteiger partial charge in [0.25, 0.3) is 11.8 Å². The molecule has 3 amide bonds. The van der Waals surface area contributed by atoms with Crippen molar-refractivity contribution in [1.29, 1.82) is 0 Å². The van der Waals surface area contributed by atoms with Crippen molar-refractivity contribution in [3.8, 4) is 5.75 Å². The molecular weight excluding hydrogens is 406 g/mol. The summed E-state index contributed by atoms with van der Waals surface area (Å²) in [6, 6.07) is 11.6. The third-order valence-electron chi connectivity index (χ3n) is 5.06. The Balaban J connectivity index is 1.79. The van der Waals surface area contributed by atoms with E-state index in [1.165, 1.54) is 17.0 Å². The summed E-state index contributed by atoms with van der Waals surface area (Å²) >= 11 is 0. The smallest absolute Gasteiger partial charge is 0.387 e. The number of hydrogen-bond donors (Lipinski definition) is 0. The number of rotatable bonds is 8. The lowest BCUT2D eigenvalue weighted by Gasteiger charge is -2.30. The second-order valence-corrected chi connectivity index (χ2v) is 7.89. The molecule has 1 unspecified atom stereocenters. The van der Waals surface area contributed by atoms with Crippen molar-refractivity contribution in [3.63, 3.8) is 0 Å². The minimum absolute atomic E-state index is 0.0245. The lowest BCUT2D eigenvalue weighted by Crippen LogP contribution is -2.50. The molecule has 0 fully saturated rings. The SMILES string of the molecule is CC(C)CC(C(=O)N(C)Cc1ccc(OC(F)F)cc1)N1C(=O)c2ccccc2C1=O. The number of nitrogens with zero attached hydrogens (tertiary/aromatic N) is 2. The number of carbonyl (C=O) groups is 3. The van der Waals surface area contributed by atoms with Gasteiger partial charge in [-0.3, -0.25) is 19.3 Å². The predicted octanol–water partition coefficient (Wildman–Crippen LogP) is 3.96. The van der Waals surface area contributed by atoms with Crippen LogP contribution < -0.4 is 4.74 Å². The lowest BCUT2D eigenvalue weighted by atomic mass is 10.0. The topological polar surface area (TPSA) is 66.9 Å². The summed E-state index contributed by atoms with van der Waals surface area (Å²) in [6.07, 6.45) is 0.329. The third kappa shape index (κ3) is 4.90. The van der Waals surface area contributed by atoms with Crippen molar-refractivity contribution in [2.75, 3.05) is 7.05 Å². The molecule has 0 N–H and O–H groups in total. The summed E-state index contributed by atoms with van der Waals surface area (Å²) in [7, 11) is 1.58. The molecule has 164 valence electrons. The minimum atomic E-state index is -2.91. The van der Waals surface area contributed by atoms with Crippen molar-refractivity contribution in [3.05, 3.63) is 65.2 Å². The molecule has 0 spiro atoms. The van der Waals surface area contributed by atoms with Gasteiger partial charge in [-0.2, -0.15) is 8.78 Å². The molecule has 2 aromatic carbocycles. The quantitative estimate of drug-likeness (QED) is 0.595. The van der Waals surface area contributed by atoms with Crippen LogP contribution in [0.25, 0.3) is 0 Å². The van der Waals surface area contributed by atoms with Crippen molar-refractivity contribution < 1.29 is 27.9 Å². The maximum absolute atomic E-state index is 13.3. The first kappa shape index (κ1) is 22.4. The fourth-order valence-electron chi connectivity index (χ4n) is 3.64. The Bertz CT molecular complexity index is 941. The summed E-state index contributed by atoms with van der Waals surface area (Å²) in [4.78, 5) is 41.6. The van der Waals surface area contributed by atoms with Gasteiger partial charge in [0, 0.05) is 13.6 Å². The van der Waals surface area contributed by atoms with Gasteiger partial charge in [-0.15, -0.1) is 0 Å². The van der Waals surface area contributed by atoms with Gasteiger partial charge >= 0.3 is 6.61 Å². The molecule has 2 aromatic rings. The third-order valence-corrected chi connectivity index (χ3v) is 5.06. The van der Waals surface area contributed by atoms with Crippen LogP contribution in [-0.4, -0.2) is 47.2 Å². The highest BCUT2D eigenvalue weighted by Gasteiger charge is 2.43. The summed E-state index contributed by atoms with van der Waals surface area (Å²) < 4.78 is 28.9. The number of imide groups is 1. The van der Waals surface area contributed by atoms with E-state index in [4.69, 9.17) is 0 Å². The molecule has 6 nitrogen and oxygen atoms in total. The van der Waals surface area contributed by atoms with Gasteiger partial charge in [-0.1, -0.05) is 38.1 Å². The number of hydrogen-bond acceptors (Lipinski definition) is 4. The zero-order valence-electron chi connectivity index (χ0n) is 17.5. The molecule has 1 heterocycles. The Kier molecular flexibility index (Phi) is 6.68. The molecule has 0 saturated carbocycles. The second kappa shape index (κ2) is 9.24. The lowest BCUT2D eigenvalue weighted by molar-refractivity contribution is -0.135. The molecule has 0 radical (unpaired) electrons. The van der Waals surface area contributed by atoms with Crippen LogP contribution in [0.15, 0.2) is 48.5 Å². The maximum Gasteiger partial charge on any atom is 0.387 e. The van der Waals surface area contributed by atoms with E-state index in [9.17, 15) is 23.2 Å². The van der Waals surface area contributed by atoms with Crippen LogP contribution in [0.4, 0.5) is 8.78 Å². The minimum Gasteiger partial charge on any atom is -0.435 e. The van der Waals surface area contributed by atoms with E-state index in [0.29, 0.717) is 23.1 Å². The Morgan fingerprint density at radius 2 is 1.55 bits per heavy atom. The molecule has 0 aromatic heterocycles. The second-order valence-electron chi connectivity index (χ2n) is 7.89. The molecule has 1 atom stereocenters. The highest BCUT2D eigenvalue weighted by Crippen LogP contribution is 2.28. The average Bonchev–Trinajstić information content (AvgIpc) is 2.97. The Morgan fingerprint density at radius 1 is 1.00 bits per heavy atom. The van der Waals surface area contributed by atoms with E-state index in [0.717, 1.165) is 4.90 Å². The van der Waals surface area contributed by atoms with E-state index in [-0.39, 0.29) is 24.1 Å². The molecule has 1 aliphatic heterocycles. The molecule has 3 rings (SSSR count). The first-order valence-corrected chi connectivity index (χ1v) is 9.94. The van der Waals surface area contributed by atoms with Crippen LogP contribution in [0.5, 0.6) is 5.75 Å². The normalized spacial score (nSPS) is 14.2. The fourth-order valence-corrected chi connectivity index (χ4v) is 3.64.